The number of aliphatic hydroxyl groups is 1. The first-order valence-electron chi connectivity index (χ1n) is 22.2. The molecule has 0 unspecified atom stereocenters. The molecule has 63 heavy (non-hydrogen) atoms. The van der Waals surface area contributed by atoms with E-state index in [1.807, 2.05) is 0 Å². The van der Waals surface area contributed by atoms with E-state index in [-0.39, 0.29) is 46.9 Å². The van der Waals surface area contributed by atoms with Gasteiger partial charge in [-0.05, 0) is 55.7 Å². The van der Waals surface area contributed by atoms with Gasteiger partial charge in [0.15, 0.2) is 0 Å². The Morgan fingerprint density at radius 1 is 0.762 bits per heavy atom. The number of phenolic OH excluding ortho intramolecular Hbond substituents is 2. The number of carboxylic acid groups (broad SMARTS) is 1. The van der Waals surface area contributed by atoms with Crippen LogP contribution in [-0.2, 0) is 40.0 Å². The SMILES string of the molecule is CCCCCCCCCCCCCCCC(=O)N(C)[C@H](CO)C(=O)N[C@@H](C)C(=O)NCC(=O)N(C)[C@H]1C(=O)N[C@@H](C)C(=O)N[C@H](C(=O)O)Cc2ccc(O)c(c2)-c2cc1ccc2O. The number of fused-ring (bicyclic) bond motifs is 5. The summed E-state index contributed by atoms with van der Waals surface area (Å²) in [5, 5.41) is 51.3. The lowest BCUT2D eigenvalue weighted by Crippen LogP contribution is -2.55. The molecular weight excluding hydrogens is 813 g/mol. The van der Waals surface area contributed by atoms with Gasteiger partial charge in [-0.3, -0.25) is 28.8 Å². The average Bonchev–Trinajstić information content (AvgIpc) is 3.24. The zero-order valence-corrected chi connectivity index (χ0v) is 37.4. The molecule has 8 N–H and O–H groups in total. The fraction of sp³-hybridized carbons (Fsp3) is 0.587. The molecule has 2 aromatic carbocycles. The highest BCUT2D eigenvalue weighted by Gasteiger charge is 2.34. The quantitative estimate of drug-likeness (QED) is 0.0745. The highest BCUT2D eigenvalue weighted by molar-refractivity contribution is 5.96. The molecule has 1 heterocycles. The highest BCUT2D eigenvalue weighted by Crippen LogP contribution is 2.38. The van der Waals surface area contributed by atoms with Crippen LogP contribution in [0.4, 0.5) is 0 Å². The van der Waals surface area contributed by atoms with Crippen molar-refractivity contribution < 1.29 is 54.0 Å². The van der Waals surface area contributed by atoms with Gasteiger partial charge in [0, 0.05) is 38.1 Å². The summed E-state index contributed by atoms with van der Waals surface area (Å²) in [6.07, 6.45) is 15.1. The number of aromatic hydroxyl groups is 2. The Morgan fingerprint density at radius 2 is 1.32 bits per heavy atom. The number of benzene rings is 2. The van der Waals surface area contributed by atoms with Gasteiger partial charge in [0.2, 0.25) is 35.4 Å². The lowest BCUT2D eigenvalue weighted by atomic mass is 9.94. The number of hydrogen-bond donors (Lipinski definition) is 8. The van der Waals surface area contributed by atoms with E-state index < -0.39 is 78.9 Å². The fourth-order valence-corrected chi connectivity index (χ4v) is 7.49. The summed E-state index contributed by atoms with van der Waals surface area (Å²) < 4.78 is 0. The van der Waals surface area contributed by atoms with Crippen LogP contribution in [0.15, 0.2) is 36.4 Å². The van der Waals surface area contributed by atoms with E-state index in [0.29, 0.717) is 12.0 Å². The number of nitrogens with zero attached hydrogens (tertiary/aromatic N) is 2. The van der Waals surface area contributed by atoms with Gasteiger partial charge >= 0.3 is 5.97 Å². The Balaban J connectivity index is 1.60. The molecule has 17 nitrogen and oxygen atoms in total. The van der Waals surface area contributed by atoms with E-state index in [9.17, 15) is 54.0 Å². The number of carboxylic acids is 1. The molecular formula is C46H68N6O11. The first-order chi connectivity index (χ1) is 30.0. The molecule has 3 rings (SSSR count). The number of aliphatic hydroxyl groups excluding tert-OH is 1. The van der Waals surface area contributed by atoms with E-state index in [2.05, 4.69) is 28.2 Å². The zero-order valence-electron chi connectivity index (χ0n) is 37.4. The van der Waals surface area contributed by atoms with E-state index in [4.69, 9.17) is 0 Å². The molecule has 0 radical (unpaired) electrons. The third-order valence-electron chi connectivity index (χ3n) is 11.5. The molecule has 1 aliphatic heterocycles. The van der Waals surface area contributed by atoms with Gasteiger partial charge in [-0.25, -0.2) is 4.79 Å². The molecule has 4 bridgehead atoms. The predicted molar refractivity (Wildman–Crippen MR) is 236 cm³/mol. The minimum Gasteiger partial charge on any atom is -0.507 e. The Bertz CT molecular complexity index is 1890. The second-order valence-electron chi connectivity index (χ2n) is 16.5. The Labute approximate surface area is 370 Å². The molecule has 0 spiro atoms. The number of aliphatic carboxylic acids is 1. The topological polar surface area (TPSA) is 255 Å². The molecule has 0 saturated carbocycles. The van der Waals surface area contributed by atoms with Crippen molar-refractivity contribution in [1.82, 2.24) is 31.1 Å². The van der Waals surface area contributed by atoms with Crippen LogP contribution in [0.3, 0.4) is 0 Å². The van der Waals surface area contributed by atoms with Crippen molar-refractivity contribution in [2.45, 2.75) is 147 Å². The minimum absolute atomic E-state index is 0.0671. The van der Waals surface area contributed by atoms with Crippen molar-refractivity contribution >= 4 is 41.4 Å². The summed E-state index contributed by atoms with van der Waals surface area (Å²) in [5.41, 5.74) is 0.728. The number of phenols is 2. The minimum atomic E-state index is -1.47. The third kappa shape index (κ3) is 15.9. The van der Waals surface area contributed by atoms with Crippen LogP contribution in [0.2, 0.25) is 0 Å². The second kappa shape index (κ2) is 26.0. The van der Waals surface area contributed by atoms with Gasteiger partial charge in [0.05, 0.1) is 13.2 Å². The number of rotatable bonds is 23. The smallest absolute Gasteiger partial charge is 0.326 e. The maximum absolute atomic E-state index is 13.9. The number of hydrogen-bond acceptors (Lipinski definition) is 10. The standard InChI is InChI=1S/C46H68N6O11/c1-6-7-8-9-10-11-12-13-14-15-16-17-18-19-39(56)51(4)36(28-53)44(60)48-29(2)42(58)47-27-40(57)52(5)41-32-21-23-38(55)34(26-32)33-24-31(20-22-37(33)54)25-35(46(62)63)50-43(59)30(3)49-45(41)61/h20-24,26,29-30,35-36,41,53-55H,6-19,25,27-28H2,1-5H3,(H,47,58)(H,48,60)(H,49,61)(H,50,59)(H,62,63)/t29-,30-,35-,36+,41+/m0/s1. The first kappa shape index (κ1) is 51.6. The van der Waals surface area contributed by atoms with E-state index in [1.54, 1.807) is 0 Å². The van der Waals surface area contributed by atoms with Crippen LogP contribution in [0.25, 0.3) is 11.1 Å². The Kier molecular flexibility index (Phi) is 21.3. The van der Waals surface area contributed by atoms with E-state index in [0.717, 1.165) is 29.1 Å². The molecule has 0 saturated heterocycles. The fourth-order valence-electron chi connectivity index (χ4n) is 7.49. The lowest BCUT2D eigenvalue weighted by molar-refractivity contribution is -0.143. The Morgan fingerprint density at radius 3 is 1.89 bits per heavy atom. The molecule has 17 heteroatoms. The summed E-state index contributed by atoms with van der Waals surface area (Å²) in [7, 11) is 2.70. The Hall–Kier alpha value is -5.71. The van der Waals surface area contributed by atoms with Crippen molar-refractivity contribution in [3.05, 3.63) is 47.5 Å². The summed E-state index contributed by atoms with van der Waals surface area (Å²) in [4.78, 5) is 94.0. The van der Waals surface area contributed by atoms with Gasteiger partial charge < -0.3 is 51.5 Å². The van der Waals surface area contributed by atoms with Gasteiger partial charge in [-0.1, -0.05) is 96.1 Å². The number of amides is 6. The summed E-state index contributed by atoms with van der Waals surface area (Å²) in [5.74, 6) is -6.23. The molecule has 348 valence electrons. The highest BCUT2D eigenvalue weighted by atomic mass is 16.4. The summed E-state index contributed by atoms with van der Waals surface area (Å²) in [6.45, 7) is 3.59. The zero-order chi connectivity index (χ0) is 46.6. The van der Waals surface area contributed by atoms with E-state index >= 15 is 0 Å². The van der Waals surface area contributed by atoms with Crippen LogP contribution in [-0.4, -0.2) is 123 Å². The number of unbranched alkanes of at least 4 members (excludes halogenated alkanes) is 12. The second-order valence-corrected chi connectivity index (χ2v) is 16.5. The molecule has 2 aromatic rings. The van der Waals surface area contributed by atoms with Gasteiger partial charge in [-0.2, -0.15) is 0 Å². The molecule has 0 fully saturated rings. The summed E-state index contributed by atoms with van der Waals surface area (Å²) in [6, 6.07) is 1.63. The monoisotopic (exact) mass is 880 g/mol. The van der Waals surface area contributed by atoms with Crippen molar-refractivity contribution in [3.63, 3.8) is 0 Å². The van der Waals surface area contributed by atoms with Crippen molar-refractivity contribution in [2.75, 3.05) is 27.2 Å². The van der Waals surface area contributed by atoms with Crippen molar-refractivity contribution in [3.8, 4) is 22.6 Å². The molecule has 5 atom stereocenters. The maximum atomic E-state index is 13.9. The van der Waals surface area contributed by atoms with Gasteiger partial charge in [0.1, 0.15) is 41.7 Å². The predicted octanol–water partition coefficient (Wildman–Crippen LogP) is 3.82. The van der Waals surface area contributed by atoms with Crippen LogP contribution in [0, 0.1) is 0 Å². The lowest BCUT2D eigenvalue weighted by Gasteiger charge is -2.30. The third-order valence-corrected chi connectivity index (χ3v) is 11.5. The number of likely N-dealkylation sites (N-methyl/N-ethyl adjacent to an activating group) is 2. The maximum Gasteiger partial charge on any atom is 0.326 e. The normalized spacial score (nSPS) is 17.3. The van der Waals surface area contributed by atoms with Crippen molar-refractivity contribution in [2.24, 2.45) is 0 Å². The molecule has 6 amide bonds. The van der Waals surface area contributed by atoms with E-state index in [1.165, 1.54) is 122 Å². The van der Waals surface area contributed by atoms with Crippen LogP contribution < -0.4 is 21.3 Å². The first-order valence-corrected chi connectivity index (χ1v) is 22.2. The van der Waals surface area contributed by atoms with Crippen LogP contribution in [0.1, 0.15) is 128 Å². The molecule has 0 aliphatic carbocycles. The van der Waals surface area contributed by atoms with Crippen LogP contribution in [0.5, 0.6) is 11.5 Å². The number of carbonyl (C=O) groups excluding carboxylic acids is 6. The average molecular weight is 881 g/mol. The largest absolute Gasteiger partial charge is 0.507 e. The molecule has 0 aromatic heterocycles. The molecule has 1 aliphatic rings. The number of nitrogens with one attached hydrogen (secondary N) is 4. The van der Waals surface area contributed by atoms with Crippen molar-refractivity contribution in [1.29, 1.82) is 0 Å². The van der Waals surface area contributed by atoms with Gasteiger partial charge in [0.25, 0.3) is 0 Å². The summed E-state index contributed by atoms with van der Waals surface area (Å²) >= 11 is 0. The van der Waals surface area contributed by atoms with Crippen LogP contribution >= 0.6 is 0 Å². The number of carbonyl (C=O) groups is 7. The van der Waals surface area contributed by atoms with Gasteiger partial charge in [-0.15, -0.1) is 0 Å².